The fourth-order valence-corrected chi connectivity index (χ4v) is 2.33. The van der Waals surface area contributed by atoms with Crippen molar-refractivity contribution in [3.05, 3.63) is 23.8 Å². The molecule has 1 fully saturated rings. The van der Waals surface area contributed by atoms with E-state index in [-0.39, 0.29) is 5.91 Å². The number of nitrogens with zero attached hydrogens (tertiary/aromatic N) is 1. The number of hydrogen-bond donors (Lipinski definition) is 2. The predicted molar refractivity (Wildman–Crippen MR) is 75.0 cm³/mol. The molecule has 1 unspecified atom stereocenters. The third-order valence-electron chi connectivity index (χ3n) is 3.31. The molecule has 2 N–H and O–H groups in total. The van der Waals surface area contributed by atoms with E-state index in [0.717, 1.165) is 24.5 Å². The Morgan fingerprint density at radius 3 is 2.83 bits per heavy atom. The number of carbonyl (C=O) groups excluding carboxylic acids is 1. The summed E-state index contributed by atoms with van der Waals surface area (Å²) >= 11 is 0. The summed E-state index contributed by atoms with van der Waals surface area (Å²) in [5.41, 5.74) is 3.17. The highest BCUT2D eigenvalue weighted by molar-refractivity contribution is 5.89. The smallest absolute Gasteiger partial charge is 0.221 e. The van der Waals surface area contributed by atoms with E-state index in [4.69, 9.17) is 0 Å². The lowest BCUT2D eigenvalue weighted by Gasteiger charge is -2.17. The summed E-state index contributed by atoms with van der Waals surface area (Å²) in [5.74, 6) is -0.0367. The molecule has 1 aromatic carbocycles. The molecule has 1 amide bonds. The van der Waals surface area contributed by atoms with Crippen molar-refractivity contribution in [2.24, 2.45) is 0 Å². The average Bonchev–Trinajstić information content (AvgIpc) is 2.68. The zero-order valence-corrected chi connectivity index (χ0v) is 11.3. The Morgan fingerprint density at radius 1 is 1.44 bits per heavy atom. The van der Waals surface area contributed by atoms with Crippen LogP contribution in [0, 0.1) is 6.92 Å². The number of hydrogen-bond acceptors (Lipinski definition) is 3. The van der Waals surface area contributed by atoms with Crippen molar-refractivity contribution < 1.29 is 4.79 Å². The number of aryl methyl sites for hydroxylation is 1. The van der Waals surface area contributed by atoms with Crippen LogP contribution in [0.3, 0.4) is 0 Å². The molecule has 0 saturated carbocycles. The Morgan fingerprint density at radius 2 is 2.22 bits per heavy atom. The minimum absolute atomic E-state index is 0.0367. The molecule has 1 aliphatic heterocycles. The van der Waals surface area contributed by atoms with Crippen LogP contribution in [0.4, 0.5) is 11.4 Å². The van der Waals surface area contributed by atoms with E-state index in [9.17, 15) is 4.79 Å². The SMILES string of the molecule is CC(=O)Nc1ccc(C)c(NC2CCN(C)C2)c1. The van der Waals surface area contributed by atoms with Gasteiger partial charge in [-0.15, -0.1) is 0 Å². The molecule has 0 aliphatic carbocycles. The minimum Gasteiger partial charge on any atom is -0.381 e. The summed E-state index contributed by atoms with van der Waals surface area (Å²) in [7, 11) is 2.14. The van der Waals surface area contributed by atoms with Crippen molar-refractivity contribution in [2.75, 3.05) is 30.8 Å². The molecule has 0 bridgehead atoms. The number of anilines is 2. The van der Waals surface area contributed by atoms with Crippen LogP contribution in [0.15, 0.2) is 18.2 Å². The monoisotopic (exact) mass is 247 g/mol. The normalized spacial score (nSPS) is 19.8. The molecule has 1 aliphatic rings. The van der Waals surface area contributed by atoms with Gasteiger partial charge in [0.2, 0.25) is 5.91 Å². The van der Waals surface area contributed by atoms with Gasteiger partial charge in [-0.1, -0.05) is 6.07 Å². The van der Waals surface area contributed by atoms with Crippen LogP contribution in [-0.2, 0) is 4.79 Å². The van der Waals surface area contributed by atoms with Crippen LogP contribution in [0.2, 0.25) is 0 Å². The number of benzene rings is 1. The number of likely N-dealkylation sites (tertiary alicyclic amines) is 1. The molecule has 0 aromatic heterocycles. The molecule has 2 rings (SSSR count). The molecule has 4 heteroatoms. The summed E-state index contributed by atoms with van der Waals surface area (Å²) in [6, 6.07) is 6.48. The maximum absolute atomic E-state index is 11.1. The van der Waals surface area contributed by atoms with Gasteiger partial charge in [0, 0.05) is 30.9 Å². The lowest BCUT2D eigenvalue weighted by atomic mass is 10.1. The second-order valence-corrected chi connectivity index (χ2v) is 5.10. The second kappa shape index (κ2) is 5.40. The second-order valence-electron chi connectivity index (χ2n) is 5.10. The van der Waals surface area contributed by atoms with Crippen LogP contribution in [0.1, 0.15) is 18.9 Å². The number of amides is 1. The van der Waals surface area contributed by atoms with Crippen molar-refractivity contribution in [1.29, 1.82) is 0 Å². The molecule has 4 nitrogen and oxygen atoms in total. The van der Waals surface area contributed by atoms with Gasteiger partial charge in [0.25, 0.3) is 0 Å². The Labute approximate surface area is 108 Å². The first kappa shape index (κ1) is 12.9. The van der Waals surface area contributed by atoms with Crippen LogP contribution in [0.5, 0.6) is 0 Å². The van der Waals surface area contributed by atoms with Gasteiger partial charge in [0.1, 0.15) is 0 Å². The van der Waals surface area contributed by atoms with Gasteiger partial charge in [0.15, 0.2) is 0 Å². The fourth-order valence-electron chi connectivity index (χ4n) is 2.33. The average molecular weight is 247 g/mol. The van der Waals surface area contributed by atoms with Crippen molar-refractivity contribution >= 4 is 17.3 Å². The first-order valence-electron chi connectivity index (χ1n) is 6.38. The van der Waals surface area contributed by atoms with Gasteiger partial charge in [-0.3, -0.25) is 4.79 Å². The number of rotatable bonds is 3. The quantitative estimate of drug-likeness (QED) is 0.859. The highest BCUT2D eigenvalue weighted by Gasteiger charge is 2.19. The Kier molecular flexibility index (Phi) is 3.87. The lowest BCUT2D eigenvalue weighted by molar-refractivity contribution is -0.114. The summed E-state index contributed by atoms with van der Waals surface area (Å²) in [4.78, 5) is 13.4. The van der Waals surface area contributed by atoms with Gasteiger partial charge >= 0.3 is 0 Å². The van der Waals surface area contributed by atoms with Gasteiger partial charge < -0.3 is 15.5 Å². The molecule has 18 heavy (non-hydrogen) atoms. The van der Waals surface area contributed by atoms with Crippen LogP contribution >= 0.6 is 0 Å². The van der Waals surface area contributed by atoms with Gasteiger partial charge in [-0.2, -0.15) is 0 Å². The van der Waals surface area contributed by atoms with E-state index < -0.39 is 0 Å². The largest absolute Gasteiger partial charge is 0.381 e. The Bertz CT molecular complexity index is 445. The third kappa shape index (κ3) is 3.23. The first-order valence-corrected chi connectivity index (χ1v) is 6.38. The van der Waals surface area contributed by atoms with Gasteiger partial charge in [-0.05, 0) is 44.6 Å². The molecule has 1 aromatic rings. The first-order chi connectivity index (χ1) is 8.54. The summed E-state index contributed by atoms with van der Waals surface area (Å²) in [5, 5.41) is 6.38. The molecule has 1 heterocycles. The van der Waals surface area contributed by atoms with E-state index in [0.29, 0.717) is 6.04 Å². The van der Waals surface area contributed by atoms with Crippen molar-refractivity contribution in [1.82, 2.24) is 4.90 Å². The minimum atomic E-state index is -0.0367. The molecule has 0 radical (unpaired) electrons. The zero-order chi connectivity index (χ0) is 13.1. The van der Waals surface area contributed by atoms with E-state index in [1.54, 1.807) is 0 Å². The molecule has 1 saturated heterocycles. The molecule has 98 valence electrons. The van der Waals surface area contributed by atoms with Crippen molar-refractivity contribution in [3.63, 3.8) is 0 Å². The van der Waals surface area contributed by atoms with Gasteiger partial charge in [-0.25, -0.2) is 0 Å². The maximum atomic E-state index is 11.1. The summed E-state index contributed by atoms with van der Waals surface area (Å²) < 4.78 is 0. The van der Waals surface area contributed by atoms with Gasteiger partial charge in [0.05, 0.1) is 0 Å². The van der Waals surface area contributed by atoms with Crippen molar-refractivity contribution in [3.8, 4) is 0 Å². The van der Waals surface area contributed by atoms with E-state index in [1.165, 1.54) is 18.9 Å². The number of nitrogens with one attached hydrogen (secondary N) is 2. The Hall–Kier alpha value is -1.55. The summed E-state index contributed by atoms with van der Waals surface area (Å²) in [6.07, 6.45) is 1.17. The van der Waals surface area contributed by atoms with E-state index in [1.807, 2.05) is 18.2 Å². The molecular formula is C14H21N3O. The maximum Gasteiger partial charge on any atom is 0.221 e. The third-order valence-corrected chi connectivity index (χ3v) is 3.31. The van der Waals surface area contributed by atoms with Crippen LogP contribution < -0.4 is 10.6 Å². The van der Waals surface area contributed by atoms with Crippen LogP contribution in [-0.4, -0.2) is 37.0 Å². The number of likely N-dealkylation sites (N-methyl/N-ethyl adjacent to an activating group) is 1. The molecule has 0 spiro atoms. The zero-order valence-electron chi connectivity index (χ0n) is 11.3. The topological polar surface area (TPSA) is 44.4 Å². The highest BCUT2D eigenvalue weighted by Crippen LogP contribution is 2.23. The van der Waals surface area contributed by atoms with Crippen LogP contribution in [0.25, 0.3) is 0 Å². The standard InChI is InChI=1S/C14H21N3O/c1-10-4-5-12(15-11(2)18)8-14(10)16-13-6-7-17(3)9-13/h4-5,8,13,16H,6-7,9H2,1-3H3,(H,15,18). The fraction of sp³-hybridized carbons (Fsp3) is 0.500. The van der Waals surface area contributed by atoms with Crippen molar-refractivity contribution in [2.45, 2.75) is 26.3 Å². The molecular weight excluding hydrogens is 226 g/mol. The van der Waals surface area contributed by atoms with E-state index in [2.05, 4.69) is 29.5 Å². The molecule has 1 atom stereocenters. The predicted octanol–water partition coefficient (Wildman–Crippen LogP) is 2.07. The Balaban J connectivity index is 2.08. The van der Waals surface area contributed by atoms with E-state index >= 15 is 0 Å². The lowest BCUT2D eigenvalue weighted by Crippen LogP contribution is -2.24. The highest BCUT2D eigenvalue weighted by atomic mass is 16.1. The summed E-state index contributed by atoms with van der Waals surface area (Å²) in [6.45, 7) is 5.82. The number of carbonyl (C=O) groups is 1.